The van der Waals surface area contributed by atoms with Crippen molar-refractivity contribution in [3.05, 3.63) is 59.1 Å². The van der Waals surface area contributed by atoms with Gasteiger partial charge in [-0.1, -0.05) is 29.4 Å². The van der Waals surface area contributed by atoms with Crippen molar-refractivity contribution < 1.29 is 14.1 Å². The van der Waals surface area contributed by atoms with Gasteiger partial charge in [-0.3, -0.25) is 9.59 Å². The van der Waals surface area contributed by atoms with Crippen LogP contribution in [0.4, 0.5) is 0 Å². The fourth-order valence-corrected chi connectivity index (χ4v) is 3.70. The van der Waals surface area contributed by atoms with Gasteiger partial charge in [0, 0.05) is 18.0 Å². The van der Waals surface area contributed by atoms with E-state index in [4.69, 9.17) is 4.52 Å². The molecule has 8 heteroatoms. The average molecular weight is 427 g/mol. The molecule has 2 aromatic heterocycles. The van der Waals surface area contributed by atoms with Crippen molar-refractivity contribution in [2.24, 2.45) is 0 Å². The summed E-state index contributed by atoms with van der Waals surface area (Å²) in [5.74, 6) is 0.933. The Morgan fingerprint density at radius 3 is 2.67 bits per heavy atom. The topological polar surface area (TPSA) is 88.3 Å². The first-order valence-electron chi connectivity index (χ1n) is 9.73. The number of hydrogen-bond acceptors (Lipinski definition) is 6. The van der Waals surface area contributed by atoms with Crippen LogP contribution in [0.1, 0.15) is 33.9 Å². The summed E-state index contributed by atoms with van der Waals surface area (Å²) in [6, 6.07) is 10.5. The van der Waals surface area contributed by atoms with Crippen molar-refractivity contribution in [2.45, 2.75) is 32.9 Å². The van der Waals surface area contributed by atoms with Crippen LogP contribution in [0, 0.1) is 13.8 Å². The summed E-state index contributed by atoms with van der Waals surface area (Å²) in [6.07, 6.45) is 2.51. The molecule has 0 aliphatic rings. The van der Waals surface area contributed by atoms with Gasteiger partial charge in [0.25, 0.3) is 5.91 Å². The van der Waals surface area contributed by atoms with Gasteiger partial charge in [0.1, 0.15) is 17.5 Å². The van der Waals surface area contributed by atoms with E-state index >= 15 is 0 Å². The number of aromatic nitrogens is 2. The van der Waals surface area contributed by atoms with E-state index in [1.807, 2.05) is 50.4 Å². The molecule has 0 fully saturated rings. The molecule has 2 heterocycles. The molecule has 1 aromatic carbocycles. The number of likely N-dealkylation sites (N-methyl/N-ethyl adjacent to an activating group) is 1. The number of carbonyl (C=O) groups excluding carboxylic acids is 2. The summed E-state index contributed by atoms with van der Waals surface area (Å²) in [7, 11) is 1.72. The van der Waals surface area contributed by atoms with Crippen molar-refractivity contribution in [2.75, 3.05) is 19.1 Å². The van der Waals surface area contributed by atoms with Crippen LogP contribution in [-0.4, -0.2) is 52.0 Å². The molecule has 2 amide bonds. The largest absolute Gasteiger partial charge is 0.361 e. The Morgan fingerprint density at radius 2 is 1.97 bits per heavy atom. The van der Waals surface area contributed by atoms with E-state index in [-0.39, 0.29) is 11.8 Å². The van der Waals surface area contributed by atoms with Crippen LogP contribution >= 0.6 is 11.8 Å². The molecule has 3 rings (SSSR count). The Kier molecular flexibility index (Phi) is 7.10. The minimum absolute atomic E-state index is 0.154. The van der Waals surface area contributed by atoms with Gasteiger partial charge in [-0.05, 0) is 44.4 Å². The smallest absolute Gasteiger partial charge is 0.270 e. The summed E-state index contributed by atoms with van der Waals surface area (Å²) in [4.78, 5) is 32.0. The number of pyridine rings is 1. The van der Waals surface area contributed by atoms with Gasteiger partial charge in [0.15, 0.2) is 0 Å². The average Bonchev–Trinajstić information content (AvgIpc) is 3.07. The van der Waals surface area contributed by atoms with Crippen LogP contribution in [0.3, 0.4) is 0 Å². The molecule has 0 spiro atoms. The summed E-state index contributed by atoms with van der Waals surface area (Å²) < 4.78 is 5.19. The summed E-state index contributed by atoms with van der Waals surface area (Å²) in [5.41, 5.74) is 2.69. The standard InChI is InChI=1S/C22H26N4O3S/c1-14-17(15(2)29-25-14)13-26(3)22(28)20(11-12-30-4)24-21(27)19-10-9-16-7-5-6-8-18(16)23-19/h5-10,20H,11-13H2,1-4H3,(H,24,27)/t20-/m1/s1. The third-order valence-electron chi connectivity index (χ3n) is 5.00. The molecular weight excluding hydrogens is 400 g/mol. The molecule has 0 bridgehead atoms. The Hall–Kier alpha value is -2.87. The highest BCUT2D eigenvalue weighted by atomic mass is 32.2. The van der Waals surface area contributed by atoms with E-state index < -0.39 is 6.04 Å². The van der Waals surface area contributed by atoms with Crippen LogP contribution in [0.15, 0.2) is 40.9 Å². The van der Waals surface area contributed by atoms with Crippen molar-refractivity contribution in [1.82, 2.24) is 20.4 Å². The van der Waals surface area contributed by atoms with E-state index in [2.05, 4.69) is 15.5 Å². The molecule has 1 N–H and O–H groups in total. The van der Waals surface area contributed by atoms with E-state index in [1.54, 1.807) is 29.8 Å². The van der Waals surface area contributed by atoms with E-state index in [1.165, 1.54) is 0 Å². The fraction of sp³-hybridized carbons (Fsp3) is 0.364. The van der Waals surface area contributed by atoms with Crippen molar-refractivity contribution in [3.63, 3.8) is 0 Å². The van der Waals surface area contributed by atoms with Gasteiger partial charge in [0.05, 0.1) is 17.8 Å². The highest BCUT2D eigenvalue weighted by Crippen LogP contribution is 2.16. The Bertz CT molecular complexity index is 1030. The predicted octanol–water partition coefficient (Wildman–Crippen LogP) is 3.35. The molecule has 3 aromatic rings. The fourth-order valence-electron chi connectivity index (χ4n) is 3.23. The van der Waals surface area contributed by atoms with Crippen LogP contribution < -0.4 is 5.32 Å². The molecule has 0 unspecified atom stereocenters. The van der Waals surface area contributed by atoms with Crippen LogP contribution in [0.5, 0.6) is 0 Å². The van der Waals surface area contributed by atoms with Crippen LogP contribution in [0.2, 0.25) is 0 Å². The third-order valence-corrected chi connectivity index (χ3v) is 5.64. The second-order valence-corrected chi connectivity index (χ2v) is 8.18. The van der Waals surface area contributed by atoms with Gasteiger partial charge in [-0.25, -0.2) is 4.98 Å². The third kappa shape index (κ3) is 4.99. The highest BCUT2D eigenvalue weighted by Gasteiger charge is 2.26. The van der Waals surface area contributed by atoms with Crippen molar-refractivity contribution in [1.29, 1.82) is 0 Å². The first-order chi connectivity index (χ1) is 14.4. The predicted molar refractivity (Wildman–Crippen MR) is 118 cm³/mol. The normalized spacial score (nSPS) is 12.0. The minimum Gasteiger partial charge on any atom is -0.361 e. The lowest BCUT2D eigenvalue weighted by Crippen LogP contribution is -2.47. The number of nitrogens with one attached hydrogen (secondary N) is 1. The van der Waals surface area contributed by atoms with Gasteiger partial charge >= 0.3 is 0 Å². The maximum absolute atomic E-state index is 13.1. The molecule has 7 nitrogen and oxygen atoms in total. The molecule has 0 saturated carbocycles. The molecule has 30 heavy (non-hydrogen) atoms. The molecule has 0 saturated heterocycles. The lowest BCUT2D eigenvalue weighted by molar-refractivity contribution is -0.132. The van der Waals surface area contributed by atoms with E-state index in [9.17, 15) is 9.59 Å². The quantitative estimate of drug-likeness (QED) is 0.594. The highest BCUT2D eigenvalue weighted by molar-refractivity contribution is 7.98. The molecule has 0 aliphatic carbocycles. The van der Waals surface area contributed by atoms with Gasteiger partial charge < -0.3 is 14.7 Å². The first-order valence-corrected chi connectivity index (χ1v) is 11.1. The van der Waals surface area contributed by atoms with Gasteiger partial charge in [0.2, 0.25) is 5.91 Å². The second-order valence-electron chi connectivity index (χ2n) is 7.19. The van der Waals surface area contributed by atoms with Gasteiger partial charge in [-0.15, -0.1) is 0 Å². The number of benzene rings is 1. The Labute approximate surface area is 180 Å². The van der Waals surface area contributed by atoms with Crippen molar-refractivity contribution in [3.8, 4) is 0 Å². The number of thioether (sulfide) groups is 1. The number of nitrogens with zero attached hydrogens (tertiary/aromatic N) is 3. The molecule has 0 radical (unpaired) electrons. The van der Waals surface area contributed by atoms with Crippen LogP contribution in [-0.2, 0) is 11.3 Å². The maximum Gasteiger partial charge on any atom is 0.270 e. The second kappa shape index (κ2) is 9.75. The monoisotopic (exact) mass is 426 g/mol. The Balaban J connectivity index is 1.75. The molecule has 0 aliphatic heterocycles. The number of amides is 2. The van der Waals surface area contributed by atoms with Crippen molar-refractivity contribution >= 4 is 34.5 Å². The number of carbonyl (C=O) groups is 2. The lowest BCUT2D eigenvalue weighted by Gasteiger charge is -2.24. The molecule has 1 atom stereocenters. The van der Waals surface area contributed by atoms with E-state index in [0.717, 1.165) is 27.9 Å². The Morgan fingerprint density at radius 1 is 1.20 bits per heavy atom. The first kappa shape index (κ1) is 21.8. The maximum atomic E-state index is 13.1. The minimum atomic E-state index is -0.635. The zero-order valence-corrected chi connectivity index (χ0v) is 18.5. The van der Waals surface area contributed by atoms with Crippen LogP contribution in [0.25, 0.3) is 10.9 Å². The number of aryl methyl sites for hydroxylation is 2. The number of hydrogen-bond donors (Lipinski definition) is 1. The zero-order chi connectivity index (χ0) is 21.7. The molecule has 158 valence electrons. The SMILES string of the molecule is CSCC[C@@H](NC(=O)c1ccc2ccccc2n1)C(=O)N(C)Cc1c(C)noc1C. The molecular formula is C22H26N4O3S. The summed E-state index contributed by atoms with van der Waals surface area (Å²) in [6.45, 7) is 4.05. The summed E-state index contributed by atoms with van der Waals surface area (Å²) >= 11 is 1.63. The lowest BCUT2D eigenvalue weighted by atomic mass is 10.1. The van der Waals surface area contributed by atoms with E-state index in [0.29, 0.717) is 24.4 Å². The summed E-state index contributed by atoms with van der Waals surface area (Å²) in [5, 5.41) is 7.78. The number of rotatable bonds is 8. The van der Waals surface area contributed by atoms with Gasteiger partial charge in [-0.2, -0.15) is 11.8 Å². The number of fused-ring (bicyclic) bond motifs is 1. The zero-order valence-electron chi connectivity index (χ0n) is 17.6. The number of para-hydroxylation sites is 1.